The Bertz CT molecular complexity index is 863. The van der Waals surface area contributed by atoms with Gasteiger partial charge in [-0.15, -0.1) is 0 Å². The molecular formula is C20H21IN2O4. The van der Waals surface area contributed by atoms with E-state index in [1.54, 1.807) is 13.2 Å². The van der Waals surface area contributed by atoms with Crippen molar-refractivity contribution >= 4 is 34.2 Å². The van der Waals surface area contributed by atoms with E-state index in [2.05, 4.69) is 11.4 Å². The number of rotatable bonds is 6. The fraction of sp³-hybridized carbons (Fsp3) is 0.350. The van der Waals surface area contributed by atoms with Crippen molar-refractivity contribution in [3.63, 3.8) is 0 Å². The summed E-state index contributed by atoms with van der Waals surface area (Å²) >= 11 is 2.03. The van der Waals surface area contributed by atoms with Gasteiger partial charge in [0, 0.05) is 33.2 Å². The molecular weight excluding hydrogens is 459 g/mol. The molecule has 27 heavy (non-hydrogen) atoms. The number of nitrogens with zero attached hydrogens (tertiary/aromatic N) is 1. The summed E-state index contributed by atoms with van der Waals surface area (Å²) in [6.45, 7) is 0.477. The fourth-order valence-electron chi connectivity index (χ4n) is 3.82. The Morgan fingerprint density at radius 1 is 1.26 bits per heavy atom. The summed E-state index contributed by atoms with van der Waals surface area (Å²) in [5.41, 5.74) is 1.19. The minimum absolute atomic E-state index is 0.0825. The molecule has 142 valence electrons. The molecule has 0 heterocycles. The number of halogens is 1. The normalized spacial score (nSPS) is 15.3. The molecule has 3 rings (SSSR count). The number of nitrogens with one attached hydrogen (secondary N) is 1. The summed E-state index contributed by atoms with van der Waals surface area (Å²) in [5.74, 6) is 0.544. The Morgan fingerprint density at radius 3 is 2.63 bits per heavy atom. The highest BCUT2D eigenvalue weighted by Gasteiger charge is 2.38. The summed E-state index contributed by atoms with van der Waals surface area (Å²) in [7, 11) is 1.66. The number of nitro benzene ring substituents is 1. The lowest BCUT2D eigenvalue weighted by atomic mass is 9.78. The quantitative estimate of drug-likeness (QED) is 0.377. The molecule has 1 N–H and O–H groups in total. The van der Waals surface area contributed by atoms with E-state index in [1.165, 1.54) is 12.1 Å². The van der Waals surface area contributed by atoms with Crippen LogP contribution in [0.2, 0.25) is 0 Å². The average molecular weight is 480 g/mol. The Kier molecular flexibility index (Phi) is 5.98. The van der Waals surface area contributed by atoms with Gasteiger partial charge in [0.05, 0.1) is 17.6 Å². The topological polar surface area (TPSA) is 81.5 Å². The lowest BCUT2D eigenvalue weighted by molar-refractivity contribution is -0.384. The minimum atomic E-state index is -0.486. The van der Waals surface area contributed by atoms with Crippen LogP contribution in [0, 0.1) is 13.7 Å². The maximum Gasteiger partial charge on any atom is 0.270 e. The van der Waals surface area contributed by atoms with Crippen LogP contribution in [0.4, 0.5) is 5.69 Å². The number of carbonyl (C=O) groups excluding carboxylic acids is 1. The van der Waals surface area contributed by atoms with Crippen molar-refractivity contribution in [2.75, 3.05) is 13.7 Å². The molecule has 1 amide bonds. The zero-order valence-corrected chi connectivity index (χ0v) is 17.2. The number of nitro groups is 1. The van der Waals surface area contributed by atoms with Crippen molar-refractivity contribution in [1.29, 1.82) is 0 Å². The largest absolute Gasteiger partial charge is 0.496 e. The van der Waals surface area contributed by atoms with Gasteiger partial charge < -0.3 is 10.1 Å². The van der Waals surface area contributed by atoms with Crippen LogP contribution in [0.5, 0.6) is 5.75 Å². The number of non-ortho nitro benzene ring substituents is 1. The first-order valence-corrected chi connectivity index (χ1v) is 9.90. The molecule has 1 aliphatic carbocycles. The molecule has 2 aromatic carbocycles. The van der Waals surface area contributed by atoms with Crippen molar-refractivity contribution in [3.05, 3.63) is 67.3 Å². The molecule has 1 aliphatic rings. The van der Waals surface area contributed by atoms with Crippen LogP contribution in [0.25, 0.3) is 0 Å². The molecule has 2 aromatic rings. The van der Waals surface area contributed by atoms with Gasteiger partial charge in [0.15, 0.2) is 0 Å². The van der Waals surface area contributed by atoms with E-state index in [9.17, 15) is 14.9 Å². The summed E-state index contributed by atoms with van der Waals surface area (Å²) in [6, 6.07) is 12.3. The van der Waals surface area contributed by atoms with Gasteiger partial charge in [-0.05, 0) is 47.6 Å². The Morgan fingerprint density at radius 2 is 1.96 bits per heavy atom. The van der Waals surface area contributed by atoms with Gasteiger partial charge in [0.1, 0.15) is 5.75 Å². The standard InChI is InChI=1S/C20H21IN2O4/c1-27-18-7-3-2-6-16(18)20(10-4-5-11-20)13-22-19(24)15-12-14(23(25)26)8-9-17(15)21/h2-3,6-9,12H,4-5,10-11,13H2,1H3,(H,22,24). The monoisotopic (exact) mass is 480 g/mol. The second kappa shape index (κ2) is 8.24. The molecule has 0 bridgehead atoms. The minimum Gasteiger partial charge on any atom is -0.496 e. The van der Waals surface area contributed by atoms with Gasteiger partial charge in [-0.1, -0.05) is 31.0 Å². The van der Waals surface area contributed by atoms with E-state index in [0.29, 0.717) is 15.7 Å². The van der Waals surface area contributed by atoms with E-state index in [4.69, 9.17) is 4.74 Å². The summed E-state index contributed by atoms with van der Waals surface area (Å²) in [4.78, 5) is 23.3. The smallest absolute Gasteiger partial charge is 0.270 e. The molecule has 0 aromatic heterocycles. The third-order valence-corrected chi connectivity index (χ3v) is 6.17. The summed E-state index contributed by atoms with van der Waals surface area (Å²) < 4.78 is 6.23. The van der Waals surface area contributed by atoms with E-state index in [0.717, 1.165) is 37.0 Å². The highest BCUT2D eigenvalue weighted by Crippen LogP contribution is 2.44. The third kappa shape index (κ3) is 4.07. The van der Waals surface area contributed by atoms with Crippen LogP contribution in [0.3, 0.4) is 0 Å². The van der Waals surface area contributed by atoms with Crippen LogP contribution < -0.4 is 10.1 Å². The lowest BCUT2D eigenvalue weighted by Gasteiger charge is -2.31. The van der Waals surface area contributed by atoms with Crippen molar-refractivity contribution in [2.45, 2.75) is 31.1 Å². The van der Waals surface area contributed by atoms with E-state index >= 15 is 0 Å². The Balaban J connectivity index is 1.84. The van der Waals surface area contributed by atoms with Crippen molar-refractivity contribution in [2.24, 2.45) is 0 Å². The maximum atomic E-state index is 12.8. The Labute approximate surface area is 171 Å². The molecule has 7 heteroatoms. The molecule has 0 spiro atoms. The molecule has 0 radical (unpaired) electrons. The number of ether oxygens (including phenoxy) is 1. The highest BCUT2D eigenvalue weighted by molar-refractivity contribution is 14.1. The van der Waals surface area contributed by atoms with Crippen molar-refractivity contribution < 1.29 is 14.5 Å². The van der Waals surface area contributed by atoms with Crippen LogP contribution in [-0.2, 0) is 5.41 Å². The molecule has 0 saturated heterocycles. The fourth-order valence-corrected chi connectivity index (χ4v) is 4.40. The van der Waals surface area contributed by atoms with Crippen LogP contribution in [0.1, 0.15) is 41.6 Å². The van der Waals surface area contributed by atoms with Gasteiger partial charge in [0.25, 0.3) is 11.6 Å². The second-order valence-corrected chi connectivity index (χ2v) is 7.95. The number of benzene rings is 2. The van der Waals surface area contributed by atoms with Crippen LogP contribution in [-0.4, -0.2) is 24.5 Å². The molecule has 0 unspecified atom stereocenters. The average Bonchev–Trinajstić information content (AvgIpc) is 3.16. The van der Waals surface area contributed by atoms with Gasteiger partial charge in [-0.2, -0.15) is 0 Å². The molecule has 1 saturated carbocycles. The molecule has 0 aliphatic heterocycles. The number of hydrogen-bond donors (Lipinski definition) is 1. The first-order valence-electron chi connectivity index (χ1n) is 8.82. The maximum absolute atomic E-state index is 12.8. The van der Waals surface area contributed by atoms with E-state index in [1.807, 2.05) is 40.8 Å². The SMILES string of the molecule is COc1ccccc1C1(CNC(=O)c2cc([N+](=O)[O-])ccc2I)CCCC1. The van der Waals surface area contributed by atoms with Crippen molar-refractivity contribution in [3.8, 4) is 5.75 Å². The van der Waals surface area contributed by atoms with E-state index < -0.39 is 4.92 Å². The number of carbonyl (C=O) groups is 1. The first-order chi connectivity index (χ1) is 13.0. The lowest BCUT2D eigenvalue weighted by Crippen LogP contribution is -2.39. The summed E-state index contributed by atoms with van der Waals surface area (Å²) in [6.07, 6.45) is 4.14. The van der Waals surface area contributed by atoms with Gasteiger partial charge in [-0.25, -0.2) is 0 Å². The Hall–Kier alpha value is -2.16. The first kappa shape index (κ1) is 19.6. The predicted octanol–water partition coefficient (Wildman–Crippen LogP) is 4.45. The number of methoxy groups -OCH3 is 1. The molecule has 1 fully saturated rings. The zero-order valence-electron chi connectivity index (χ0n) is 15.0. The molecule has 6 nitrogen and oxygen atoms in total. The van der Waals surface area contributed by atoms with Crippen LogP contribution in [0.15, 0.2) is 42.5 Å². The third-order valence-electron chi connectivity index (χ3n) is 5.23. The van der Waals surface area contributed by atoms with Crippen molar-refractivity contribution in [1.82, 2.24) is 5.32 Å². The van der Waals surface area contributed by atoms with Crippen LogP contribution >= 0.6 is 22.6 Å². The highest BCUT2D eigenvalue weighted by atomic mass is 127. The zero-order chi connectivity index (χ0) is 19.4. The van der Waals surface area contributed by atoms with Gasteiger partial charge in [-0.3, -0.25) is 14.9 Å². The predicted molar refractivity (Wildman–Crippen MR) is 111 cm³/mol. The molecule has 0 atom stereocenters. The number of hydrogen-bond acceptors (Lipinski definition) is 4. The second-order valence-electron chi connectivity index (χ2n) is 6.79. The summed E-state index contributed by atoms with van der Waals surface area (Å²) in [5, 5.41) is 14.0. The van der Waals surface area contributed by atoms with Gasteiger partial charge >= 0.3 is 0 Å². The van der Waals surface area contributed by atoms with E-state index in [-0.39, 0.29) is 17.0 Å². The number of para-hydroxylation sites is 1. The number of amides is 1. The van der Waals surface area contributed by atoms with Gasteiger partial charge in [0.2, 0.25) is 0 Å².